The number of carbonyl (C=O) groups is 2. The summed E-state index contributed by atoms with van der Waals surface area (Å²) in [7, 11) is 1.74. The van der Waals surface area contributed by atoms with Crippen LogP contribution in [0.4, 0.5) is 5.69 Å². The zero-order chi connectivity index (χ0) is 49.7. The van der Waals surface area contributed by atoms with Gasteiger partial charge in [0.25, 0.3) is 0 Å². The third-order valence-corrected chi connectivity index (χ3v) is 19.1. The van der Waals surface area contributed by atoms with Crippen LogP contribution < -0.4 is 5.32 Å². The second-order valence-corrected chi connectivity index (χ2v) is 23.0. The molecule has 2 aliphatic heterocycles. The first-order valence-corrected chi connectivity index (χ1v) is 24.4. The second-order valence-electron chi connectivity index (χ2n) is 23.0. The van der Waals surface area contributed by atoms with Crippen LogP contribution in [0.25, 0.3) is 0 Å². The lowest BCUT2D eigenvalue weighted by atomic mass is 9.33. The molecular formula is C50H75NO17. The normalized spacial score (nSPS) is 48.7. The first-order chi connectivity index (χ1) is 31.9. The Bertz CT molecular complexity index is 2070. The maximum atomic E-state index is 14.0. The van der Waals surface area contributed by atoms with Gasteiger partial charge in [0.15, 0.2) is 18.7 Å². The summed E-state index contributed by atoms with van der Waals surface area (Å²) in [6.45, 7) is 11.6. The molecule has 2 heterocycles. The van der Waals surface area contributed by atoms with Gasteiger partial charge in [0.05, 0.1) is 43.0 Å². The summed E-state index contributed by atoms with van der Waals surface area (Å²) in [6.07, 6.45) is -13.8. The van der Waals surface area contributed by atoms with Crippen molar-refractivity contribution in [2.75, 3.05) is 32.2 Å². The number of nitrogens with one attached hydrogen (secondary N) is 1. The summed E-state index contributed by atoms with van der Waals surface area (Å²) in [5.74, 6) is -2.52. The molecule has 0 spiro atoms. The summed E-state index contributed by atoms with van der Waals surface area (Å²) >= 11 is 0. The lowest BCUT2D eigenvalue weighted by Crippen LogP contribution is -2.70. The summed E-state index contributed by atoms with van der Waals surface area (Å²) in [5.41, 5.74) is -1.58. The Balaban J connectivity index is 1.09. The first-order valence-electron chi connectivity index (χ1n) is 24.4. The van der Waals surface area contributed by atoms with Crippen molar-refractivity contribution >= 4 is 17.6 Å². The van der Waals surface area contributed by atoms with Crippen LogP contribution in [0.3, 0.4) is 0 Å². The van der Waals surface area contributed by atoms with Gasteiger partial charge < -0.3 is 80.1 Å². The Morgan fingerprint density at radius 3 is 2.12 bits per heavy atom. The van der Waals surface area contributed by atoms with Gasteiger partial charge in [0.2, 0.25) is 0 Å². The maximum Gasteiger partial charge on any atom is 0.340 e. The number of carbonyl (C=O) groups excluding carboxylic acids is 1. The molecule has 1 aromatic carbocycles. The Kier molecular flexibility index (Phi) is 13.9. The molecule has 0 amide bonds. The molecule has 7 aliphatic rings. The van der Waals surface area contributed by atoms with E-state index in [0.29, 0.717) is 62.6 Å². The van der Waals surface area contributed by atoms with Gasteiger partial charge in [-0.15, -0.1) is 0 Å². The van der Waals surface area contributed by atoms with E-state index in [1.165, 1.54) is 5.57 Å². The van der Waals surface area contributed by atoms with Gasteiger partial charge in [-0.25, -0.2) is 9.59 Å². The van der Waals surface area contributed by atoms with E-state index in [1.54, 1.807) is 25.2 Å². The number of allylic oxidation sites excluding steroid dienone is 2. The third-order valence-electron chi connectivity index (χ3n) is 19.1. The minimum Gasteiger partial charge on any atom is -0.479 e. The van der Waals surface area contributed by atoms with E-state index >= 15 is 0 Å². The molecule has 2 saturated heterocycles. The molecule has 6 fully saturated rings. The van der Waals surface area contributed by atoms with Crippen molar-refractivity contribution in [3.8, 4) is 0 Å². The minimum atomic E-state index is -2.02. The molecule has 4 saturated carbocycles. The average molecular weight is 962 g/mol. The van der Waals surface area contributed by atoms with Gasteiger partial charge in [-0.1, -0.05) is 65.3 Å². The van der Waals surface area contributed by atoms with Crippen molar-refractivity contribution < 1.29 is 84.3 Å². The Morgan fingerprint density at radius 2 is 1.47 bits per heavy atom. The summed E-state index contributed by atoms with van der Waals surface area (Å²) in [5, 5.41) is 112. The van der Waals surface area contributed by atoms with Gasteiger partial charge in [-0.05, 0) is 103 Å². The zero-order valence-electron chi connectivity index (χ0n) is 40.2. The van der Waals surface area contributed by atoms with E-state index < -0.39 is 120 Å². The number of aliphatic hydroxyl groups excluding tert-OH is 9. The average Bonchev–Trinajstić information content (AvgIpc) is 3.29. The second kappa shape index (κ2) is 18.3. The fraction of sp³-hybridized carbons (Fsp3) is 0.800. The number of aliphatic carboxylic acids is 1. The Hall–Kier alpha value is -2.82. The topological polar surface area (TPSA) is 295 Å². The first kappa shape index (κ1) is 51.5. The Labute approximate surface area is 397 Å². The molecule has 11 N–H and O–H groups in total. The highest BCUT2D eigenvalue weighted by molar-refractivity contribution is 5.95. The number of hydrogen-bond donors (Lipinski definition) is 11. The zero-order valence-corrected chi connectivity index (χ0v) is 40.2. The van der Waals surface area contributed by atoms with Crippen molar-refractivity contribution in [2.24, 2.45) is 50.2 Å². The van der Waals surface area contributed by atoms with Crippen LogP contribution in [0.2, 0.25) is 0 Å². The molecule has 8 rings (SSSR count). The van der Waals surface area contributed by atoms with Crippen molar-refractivity contribution in [1.29, 1.82) is 0 Å². The predicted molar refractivity (Wildman–Crippen MR) is 241 cm³/mol. The van der Waals surface area contributed by atoms with Crippen LogP contribution in [0.15, 0.2) is 35.9 Å². The number of benzene rings is 1. The van der Waals surface area contributed by atoms with Crippen molar-refractivity contribution in [2.45, 2.75) is 173 Å². The molecule has 0 aromatic heterocycles. The lowest BCUT2D eigenvalue weighted by molar-refractivity contribution is -0.375. The smallest absolute Gasteiger partial charge is 0.340 e. The summed E-state index contributed by atoms with van der Waals surface area (Å²) in [6, 6.07) is 7.11. The van der Waals surface area contributed by atoms with Crippen LogP contribution in [0.1, 0.15) is 103 Å². The van der Waals surface area contributed by atoms with E-state index in [2.05, 4.69) is 46.0 Å². The van der Waals surface area contributed by atoms with Gasteiger partial charge in [0, 0.05) is 18.2 Å². The van der Waals surface area contributed by atoms with Crippen LogP contribution >= 0.6 is 0 Å². The van der Waals surface area contributed by atoms with E-state index in [9.17, 15) is 60.7 Å². The molecule has 0 unspecified atom stereocenters. The molecule has 0 bridgehead atoms. The fourth-order valence-corrected chi connectivity index (χ4v) is 15.1. The molecule has 382 valence electrons. The SMILES string of the molecule is CNc1ccccc1C(=O)O[C@H]1CC(C)(C)C[C@H]2C3=CC[C@@H]4[C@@]5(C)CC[C@H](O[C@@H]6O[C@H](C(=O)O)[C@@H](O)[C@H](O)[C@H]6O[C@@H]6O[C@H](CO)[C@@H](O)[C@H](O)[C@H]6O)[C@@](C)(CO)[C@@H]5CC[C@@]4(C)[C@]3(C)C[C@H](O)[C@@]12CO. The molecule has 1 aromatic rings. The fourth-order valence-electron chi connectivity index (χ4n) is 15.1. The van der Waals surface area contributed by atoms with Crippen LogP contribution in [-0.2, 0) is 28.5 Å². The standard InChI is InChI=1S/C50H75NO17/c1-45(2)18-26-25-12-13-30-46(3)16-15-32(66-44-40(37(59)36(58)39(67-44)41(61)62)68-43-38(60)35(57)34(56)28(21-52)64-43)47(4,22-53)29(46)14-17-48(30,5)49(25,6)19-31(55)50(26,23-54)33(20-45)65-42(63)24-10-8-9-11-27(24)51-7/h8-12,26,28-40,43-44,51-60H,13-23H2,1-7H3,(H,61,62)/t26-,28+,29+,30+,31-,32-,33-,34+,35-,36-,37-,38+,39-,40+,43-,44+,46-,47-,48+,49+,50-/m0/s1. The highest BCUT2D eigenvalue weighted by Crippen LogP contribution is 2.76. The summed E-state index contributed by atoms with van der Waals surface area (Å²) in [4.78, 5) is 26.3. The number of carboxylic acid groups (broad SMARTS) is 1. The molecule has 5 aliphatic carbocycles. The maximum absolute atomic E-state index is 14.0. The van der Waals surface area contributed by atoms with Gasteiger partial charge >= 0.3 is 11.9 Å². The van der Waals surface area contributed by atoms with Gasteiger partial charge in [-0.2, -0.15) is 0 Å². The molecule has 21 atom stereocenters. The van der Waals surface area contributed by atoms with Crippen molar-refractivity contribution in [3.05, 3.63) is 41.5 Å². The Morgan fingerprint density at radius 1 is 0.765 bits per heavy atom. The highest BCUT2D eigenvalue weighted by Gasteiger charge is 2.72. The number of carboxylic acids is 1. The van der Waals surface area contributed by atoms with E-state index in [1.807, 2.05) is 13.0 Å². The van der Waals surface area contributed by atoms with Crippen LogP contribution in [-0.4, -0.2) is 170 Å². The summed E-state index contributed by atoms with van der Waals surface area (Å²) < 4.78 is 30.4. The number of rotatable bonds is 11. The minimum absolute atomic E-state index is 0.0491. The monoisotopic (exact) mass is 962 g/mol. The number of aliphatic hydroxyl groups is 9. The third kappa shape index (κ3) is 7.78. The number of ether oxygens (including phenoxy) is 5. The van der Waals surface area contributed by atoms with Gasteiger partial charge in [0.1, 0.15) is 48.8 Å². The number of para-hydroxylation sites is 1. The van der Waals surface area contributed by atoms with Crippen LogP contribution in [0, 0.1) is 50.2 Å². The molecule has 68 heavy (non-hydrogen) atoms. The molecule has 18 nitrogen and oxygen atoms in total. The van der Waals surface area contributed by atoms with Crippen LogP contribution in [0.5, 0.6) is 0 Å². The van der Waals surface area contributed by atoms with Gasteiger partial charge in [-0.3, -0.25) is 0 Å². The highest BCUT2D eigenvalue weighted by atomic mass is 16.8. The number of fused-ring (bicyclic) bond motifs is 7. The molecular weight excluding hydrogens is 887 g/mol. The predicted octanol–water partition coefficient (Wildman–Crippen LogP) is 1.70. The number of esters is 1. The van der Waals surface area contributed by atoms with Crippen molar-refractivity contribution in [3.63, 3.8) is 0 Å². The lowest BCUT2D eigenvalue weighted by Gasteiger charge is -2.72. The van der Waals surface area contributed by atoms with E-state index in [4.69, 9.17) is 23.7 Å². The molecule has 18 heteroatoms. The van der Waals surface area contributed by atoms with E-state index in [0.717, 1.165) is 0 Å². The molecule has 0 radical (unpaired) electrons. The van der Waals surface area contributed by atoms with Crippen molar-refractivity contribution in [1.82, 2.24) is 0 Å². The number of hydrogen-bond acceptors (Lipinski definition) is 17. The largest absolute Gasteiger partial charge is 0.479 e. The number of anilines is 1. The van der Waals surface area contributed by atoms with E-state index in [-0.39, 0.29) is 41.8 Å². The quantitative estimate of drug-likeness (QED) is 0.0855.